The van der Waals surface area contributed by atoms with E-state index in [0.29, 0.717) is 13.5 Å². The second kappa shape index (κ2) is 5.14. The van der Waals surface area contributed by atoms with E-state index in [2.05, 4.69) is 47.4 Å². The zero-order valence-corrected chi connectivity index (χ0v) is 12.4. The summed E-state index contributed by atoms with van der Waals surface area (Å²) in [5.41, 5.74) is -0.440. The van der Waals surface area contributed by atoms with Gasteiger partial charge in [-0.05, 0) is 50.1 Å². The molecule has 18 heavy (non-hydrogen) atoms. The predicted octanol–water partition coefficient (Wildman–Crippen LogP) is 4.83. The minimum absolute atomic E-state index is 0.286. The van der Waals surface area contributed by atoms with E-state index in [0.717, 1.165) is 12.1 Å². The molecular weight excluding hydrogens is 399 g/mol. The van der Waals surface area contributed by atoms with Gasteiger partial charge in [0, 0.05) is 4.47 Å². The van der Waals surface area contributed by atoms with Crippen molar-refractivity contribution in [2.75, 3.05) is 5.32 Å². The van der Waals surface area contributed by atoms with Crippen LogP contribution in [0.5, 0.6) is 0 Å². The number of hydrogen-bond donors (Lipinski definition) is 1. The first-order chi connectivity index (χ1) is 8.36. The van der Waals surface area contributed by atoms with Gasteiger partial charge in [-0.1, -0.05) is 11.3 Å². The predicted molar refractivity (Wildman–Crippen MR) is 70.0 cm³/mol. The number of aromatic nitrogens is 2. The van der Waals surface area contributed by atoms with Crippen LogP contribution in [0.1, 0.15) is 5.56 Å². The second-order valence-corrected chi connectivity index (χ2v) is 6.29. The average Bonchev–Trinajstić information content (AvgIpc) is 2.66. The highest BCUT2D eigenvalue weighted by Crippen LogP contribution is 2.35. The highest BCUT2D eigenvalue weighted by molar-refractivity contribution is 9.11. The van der Waals surface area contributed by atoms with Crippen molar-refractivity contribution in [2.45, 2.75) is 6.18 Å². The van der Waals surface area contributed by atoms with Crippen molar-refractivity contribution in [3.05, 3.63) is 32.2 Å². The normalized spacial score (nSPS) is 11.6. The largest absolute Gasteiger partial charge is 0.416 e. The van der Waals surface area contributed by atoms with Gasteiger partial charge < -0.3 is 5.32 Å². The average molecular weight is 403 g/mol. The molecule has 1 aromatic carbocycles. The van der Waals surface area contributed by atoms with Gasteiger partial charge >= 0.3 is 6.18 Å². The van der Waals surface area contributed by atoms with Gasteiger partial charge in [-0.3, -0.25) is 0 Å². The molecule has 0 aliphatic heterocycles. The number of anilines is 2. The minimum atomic E-state index is -4.38. The van der Waals surface area contributed by atoms with E-state index in [4.69, 9.17) is 0 Å². The van der Waals surface area contributed by atoms with E-state index in [9.17, 15) is 13.2 Å². The third kappa shape index (κ3) is 3.21. The van der Waals surface area contributed by atoms with Gasteiger partial charge in [0.2, 0.25) is 5.13 Å². The maximum absolute atomic E-state index is 12.6. The molecule has 0 atom stereocenters. The van der Waals surface area contributed by atoms with Gasteiger partial charge in [0.1, 0.15) is 0 Å². The Morgan fingerprint density at radius 3 is 2.44 bits per heavy atom. The maximum atomic E-state index is 12.6. The smallest absolute Gasteiger partial charge is 0.329 e. The fraction of sp³-hybridized carbons (Fsp3) is 0.111. The standard InChI is InChI=1S/C9H4Br2F3N3S/c10-5-2-1-4(9(12,13)14)3-6(5)15-8-17-16-7(11)18-8/h1-3H,(H,15,17). The zero-order chi connectivity index (χ0) is 13.3. The molecular formula is C9H4Br2F3N3S. The molecule has 0 radical (unpaired) electrons. The van der Waals surface area contributed by atoms with Crippen LogP contribution in [-0.4, -0.2) is 10.2 Å². The summed E-state index contributed by atoms with van der Waals surface area (Å²) < 4.78 is 38.8. The van der Waals surface area contributed by atoms with Gasteiger partial charge in [0.15, 0.2) is 3.92 Å². The third-order valence-corrected chi connectivity index (χ3v) is 3.90. The van der Waals surface area contributed by atoms with Crippen LogP contribution in [0.25, 0.3) is 0 Å². The monoisotopic (exact) mass is 401 g/mol. The third-order valence-electron chi connectivity index (χ3n) is 1.94. The van der Waals surface area contributed by atoms with E-state index >= 15 is 0 Å². The first-order valence-electron chi connectivity index (χ1n) is 4.49. The SMILES string of the molecule is FC(F)(F)c1ccc(Br)c(Nc2nnc(Br)s2)c1. The zero-order valence-electron chi connectivity index (χ0n) is 8.42. The molecule has 0 spiro atoms. The summed E-state index contributed by atoms with van der Waals surface area (Å²) in [7, 11) is 0. The Labute approximate surface area is 121 Å². The number of hydrogen-bond acceptors (Lipinski definition) is 4. The molecule has 2 aromatic rings. The lowest BCUT2D eigenvalue weighted by Gasteiger charge is -2.10. The fourth-order valence-corrected chi connectivity index (χ4v) is 2.54. The Kier molecular flexibility index (Phi) is 3.93. The molecule has 96 valence electrons. The summed E-state index contributed by atoms with van der Waals surface area (Å²) >= 11 is 7.49. The van der Waals surface area contributed by atoms with Crippen LogP contribution in [0.4, 0.5) is 24.0 Å². The van der Waals surface area contributed by atoms with E-state index in [-0.39, 0.29) is 5.69 Å². The Balaban J connectivity index is 2.32. The fourth-order valence-electron chi connectivity index (χ4n) is 1.17. The lowest BCUT2D eigenvalue weighted by atomic mass is 10.2. The lowest BCUT2D eigenvalue weighted by molar-refractivity contribution is -0.137. The first kappa shape index (κ1) is 13.8. The van der Waals surface area contributed by atoms with Crippen LogP contribution in [0, 0.1) is 0 Å². The summed E-state index contributed by atoms with van der Waals surface area (Å²) in [4.78, 5) is 0. The van der Waals surface area contributed by atoms with Gasteiger partial charge in [-0.15, -0.1) is 10.2 Å². The van der Waals surface area contributed by atoms with Crippen molar-refractivity contribution in [1.29, 1.82) is 0 Å². The molecule has 2 rings (SSSR count). The molecule has 9 heteroatoms. The van der Waals surface area contributed by atoms with Crippen LogP contribution in [0.15, 0.2) is 26.6 Å². The van der Waals surface area contributed by atoms with E-state index in [1.165, 1.54) is 17.4 Å². The van der Waals surface area contributed by atoms with E-state index in [1.807, 2.05) is 0 Å². The summed E-state index contributed by atoms with van der Waals surface area (Å²) in [5.74, 6) is 0. The highest BCUT2D eigenvalue weighted by Gasteiger charge is 2.31. The molecule has 0 saturated carbocycles. The van der Waals surface area contributed by atoms with Crippen LogP contribution in [0.3, 0.4) is 0 Å². The van der Waals surface area contributed by atoms with Crippen LogP contribution in [0.2, 0.25) is 0 Å². The van der Waals surface area contributed by atoms with Crippen molar-refractivity contribution in [1.82, 2.24) is 10.2 Å². The Morgan fingerprint density at radius 2 is 1.89 bits per heavy atom. The molecule has 0 aliphatic carbocycles. The van der Waals surface area contributed by atoms with Crippen molar-refractivity contribution >= 4 is 54.0 Å². The number of benzene rings is 1. The molecule has 1 aromatic heterocycles. The number of alkyl halides is 3. The van der Waals surface area contributed by atoms with Crippen LogP contribution < -0.4 is 5.32 Å². The number of nitrogens with zero attached hydrogens (tertiary/aromatic N) is 2. The van der Waals surface area contributed by atoms with Crippen LogP contribution in [-0.2, 0) is 6.18 Å². The van der Waals surface area contributed by atoms with Crippen LogP contribution >= 0.6 is 43.2 Å². The Morgan fingerprint density at radius 1 is 1.17 bits per heavy atom. The van der Waals surface area contributed by atoms with Gasteiger partial charge in [-0.25, -0.2) is 0 Å². The van der Waals surface area contributed by atoms with Crippen molar-refractivity contribution in [2.24, 2.45) is 0 Å². The summed E-state index contributed by atoms with van der Waals surface area (Å²) in [5, 5.41) is 10.6. The van der Waals surface area contributed by atoms with Crippen molar-refractivity contribution in [3.8, 4) is 0 Å². The number of halogens is 5. The molecule has 0 aliphatic rings. The van der Waals surface area contributed by atoms with E-state index in [1.54, 1.807) is 0 Å². The molecule has 0 bridgehead atoms. The summed E-state index contributed by atoms with van der Waals surface area (Å²) in [6.07, 6.45) is -4.38. The summed E-state index contributed by atoms with van der Waals surface area (Å²) in [6, 6.07) is 3.35. The molecule has 0 saturated heterocycles. The molecule has 0 amide bonds. The lowest BCUT2D eigenvalue weighted by Crippen LogP contribution is -2.05. The number of rotatable bonds is 2. The molecule has 0 fully saturated rings. The highest BCUT2D eigenvalue weighted by atomic mass is 79.9. The topological polar surface area (TPSA) is 37.8 Å². The van der Waals surface area contributed by atoms with Gasteiger partial charge in [0.05, 0.1) is 11.3 Å². The van der Waals surface area contributed by atoms with Gasteiger partial charge in [-0.2, -0.15) is 13.2 Å². The molecule has 1 heterocycles. The first-order valence-corrected chi connectivity index (χ1v) is 6.89. The second-order valence-electron chi connectivity index (χ2n) is 3.18. The summed E-state index contributed by atoms with van der Waals surface area (Å²) in [6.45, 7) is 0. The quantitative estimate of drug-likeness (QED) is 0.782. The molecule has 1 N–H and O–H groups in total. The van der Waals surface area contributed by atoms with E-state index < -0.39 is 11.7 Å². The minimum Gasteiger partial charge on any atom is -0.329 e. The van der Waals surface area contributed by atoms with Crippen molar-refractivity contribution in [3.63, 3.8) is 0 Å². The van der Waals surface area contributed by atoms with Crippen molar-refractivity contribution < 1.29 is 13.2 Å². The Bertz CT molecular complexity index is 570. The number of nitrogens with one attached hydrogen (secondary N) is 1. The molecule has 0 unspecified atom stereocenters. The molecule has 3 nitrogen and oxygen atoms in total. The Hall–Kier alpha value is -0.670. The maximum Gasteiger partial charge on any atom is 0.416 e. The van der Waals surface area contributed by atoms with Gasteiger partial charge in [0.25, 0.3) is 0 Å².